The Balaban J connectivity index is 2.55. The van der Waals surface area contributed by atoms with Crippen LogP contribution in [0.3, 0.4) is 0 Å². The first kappa shape index (κ1) is 16.2. The normalized spacial score (nSPS) is 13.5. The van der Waals surface area contributed by atoms with Gasteiger partial charge in [0.2, 0.25) is 0 Å². The van der Waals surface area contributed by atoms with E-state index in [1.54, 1.807) is 14.2 Å². The molecule has 3 nitrogen and oxygen atoms in total. The Kier molecular flexibility index (Phi) is 7.06. The van der Waals surface area contributed by atoms with Crippen LogP contribution in [0.25, 0.3) is 0 Å². The summed E-state index contributed by atoms with van der Waals surface area (Å²) in [4.78, 5) is 0. The van der Waals surface area contributed by atoms with Crippen LogP contribution in [0.5, 0.6) is 0 Å². The summed E-state index contributed by atoms with van der Waals surface area (Å²) < 4.78 is 10.5. The summed E-state index contributed by atoms with van der Waals surface area (Å²) in [6.45, 7) is 6.94. The number of ether oxygens (including phenoxy) is 2. The molecule has 1 N–H and O–H groups in total. The van der Waals surface area contributed by atoms with Gasteiger partial charge < -0.3 is 14.8 Å². The molecular formula is C16H27NO2. The van der Waals surface area contributed by atoms with Gasteiger partial charge in [-0.2, -0.15) is 0 Å². The molecule has 0 saturated heterocycles. The van der Waals surface area contributed by atoms with E-state index in [1.165, 1.54) is 5.56 Å². The highest BCUT2D eigenvalue weighted by molar-refractivity contribution is 5.19. The molecule has 1 atom stereocenters. The molecule has 0 aliphatic rings. The molecule has 0 heterocycles. The topological polar surface area (TPSA) is 30.5 Å². The fourth-order valence-corrected chi connectivity index (χ4v) is 1.99. The third-order valence-corrected chi connectivity index (χ3v) is 3.35. The minimum atomic E-state index is 0.219. The zero-order chi connectivity index (χ0) is 14.1. The minimum Gasteiger partial charge on any atom is -0.385 e. The van der Waals surface area contributed by atoms with E-state index < -0.39 is 0 Å². The molecule has 0 amide bonds. The van der Waals surface area contributed by atoms with Gasteiger partial charge in [0, 0.05) is 27.4 Å². The SMILES string of the molecule is COCCC(C)(C)CNC(COC)c1ccccc1. The number of nitrogens with one attached hydrogen (secondary N) is 1. The Hall–Kier alpha value is -0.900. The first-order valence-electron chi connectivity index (χ1n) is 6.85. The van der Waals surface area contributed by atoms with E-state index in [0.29, 0.717) is 6.61 Å². The second-order valence-corrected chi connectivity index (χ2v) is 5.71. The zero-order valence-corrected chi connectivity index (χ0v) is 12.6. The predicted octanol–water partition coefficient (Wildman–Crippen LogP) is 3.03. The lowest BCUT2D eigenvalue weighted by atomic mass is 9.89. The Morgan fingerprint density at radius 3 is 2.37 bits per heavy atom. The van der Waals surface area contributed by atoms with Gasteiger partial charge in [0.15, 0.2) is 0 Å². The van der Waals surface area contributed by atoms with E-state index in [9.17, 15) is 0 Å². The lowest BCUT2D eigenvalue weighted by molar-refractivity contribution is 0.135. The molecule has 0 aliphatic carbocycles. The van der Waals surface area contributed by atoms with Crippen molar-refractivity contribution in [2.24, 2.45) is 5.41 Å². The quantitative estimate of drug-likeness (QED) is 0.744. The summed E-state index contributed by atoms with van der Waals surface area (Å²) in [5.74, 6) is 0. The number of rotatable bonds is 9. The number of hydrogen-bond acceptors (Lipinski definition) is 3. The van der Waals surface area contributed by atoms with Crippen molar-refractivity contribution in [3.63, 3.8) is 0 Å². The highest BCUT2D eigenvalue weighted by Gasteiger charge is 2.20. The summed E-state index contributed by atoms with van der Waals surface area (Å²) in [5, 5.41) is 3.61. The van der Waals surface area contributed by atoms with Crippen molar-refractivity contribution in [2.45, 2.75) is 26.3 Å². The summed E-state index contributed by atoms with van der Waals surface area (Å²) in [6.07, 6.45) is 1.05. The first-order valence-corrected chi connectivity index (χ1v) is 6.85. The maximum absolute atomic E-state index is 5.32. The van der Waals surface area contributed by atoms with Crippen LogP contribution >= 0.6 is 0 Å². The van der Waals surface area contributed by atoms with Crippen molar-refractivity contribution in [3.8, 4) is 0 Å². The Morgan fingerprint density at radius 2 is 1.79 bits per heavy atom. The largest absolute Gasteiger partial charge is 0.385 e. The van der Waals surface area contributed by atoms with E-state index >= 15 is 0 Å². The lowest BCUT2D eigenvalue weighted by Crippen LogP contribution is -2.35. The van der Waals surface area contributed by atoms with Crippen molar-refractivity contribution >= 4 is 0 Å². The maximum Gasteiger partial charge on any atom is 0.0657 e. The smallest absolute Gasteiger partial charge is 0.0657 e. The number of methoxy groups -OCH3 is 2. The molecule has 0 bridgehead atoms. The van der Waals surface area contributed by atoms with Gasteiger partial charge in [-0.05, 0) is 17.4 Å². The Labute approximate surface area is 117 Å². The molecule has 108 valence electrons. The Morgan fingerprint density at radius 1 is 1.11 bits per heavy atom. The molecule has 0 saturated carbocycles. The highest BCUT2D eigenvalue weighted by atomic mass is 16.5. The van der Waals surface area contributed by atoms with Crippen molar-refractivity contribution in [1.29, 1.82) is 0 Å². The van der Waals surface area contributed by atoms with Crippen LogP contribution in [0.4, 0.5) is 0 Å². The molecular weight excluding hydrogens is 238 g/mol. The van der Waals surface area contributed by atoms with Crippen molar-refractivity contribution < 1.29 is 9.47 Å². The second kappa shape index (κ2) is 8.31. The summed E-state index contributed by atoms with van der Waals surface area (Å²) in [5.41, 5.74) is 1.49. The number of hydrogen-bond donors (Lipinski definition) is 1. The highest BCUT2D eigenvalue weighted by Crippen LogP contribution is 2.21. The van der Waals surface area contributed by atoms with Crippen molar-refractivity contribution in [2.75, 3.05) is 34.0 Å². The second-order valence-electron chi connectivity index (χ2n) is 5.71. The fraction of sp³-hybridized carbons (Fsp3) is 0.625. The first-order chi connectivity index (χ1) is 9.09. The van der Waals surface area contributed by atoms with E-state index in [4.69, 9.17) is 9.47 Å². The standard InChI is InChI=1S/C16H27NO2/c1-16(2,10-11-18-3)13-17-15(12-19-4)14-8-6-5-7-9-14/h5-9,15,17H,10-13H2,1-4H3. The zero-order valence-electron chi connectivity index (χ0n) is 12.6. The summed E-state index contributed by atoms with van der Waals surface area (Å²) in [6, 6.07) is 10.7. The number of benzene rings is 1. The van der Waals surface area contributed by atoms with Crippen LogP contribution in [0.2, 0.25) is 0 Å². The molecule has 0 aromatic heterocycles. The molecule has 19 heavy (non-hydrogen) atoms. The van der Waals surface area contributed by atoms with E-state index in [1.807, 2.05) is 6.07 Å². The summed E-state index contributed by atoms with van der Waals surface area (Å²) >= 11 is 0. The molecule has 1 rings (SSSR count). The van der Waals surface area contributed by atoms with Gasteiger partial charge in [-0.3, -0.25) is 0 Å². The molecule has 1 aromatic carbocycles. The van der Waals surface area contributed by atoms with Gasteiger partial charge >= 0.3 is 0 Å². The third kappa shape index (κ3) is 6.19. The van der Waals surface area contributed by atoms with Gasteiger partial charge in [0.25, 0.3) is 0 Å². The van der Waals surface area contributed by atoms with Gasteiger partial charge in [0.05, 0.1) is 12.6 Å². The molecule has 0 aliphatic heterocycles. The summed E-state index contributed by atoms with van der Waals surface area (Å²) in [7, 11) is 3.49. The minimum absolute atomic E-state index is 0.219. The molecule has 0 spiro atoms. The molecule has 1 aromatic rings. The molecule has 3 heteroatoms. The van der Waals surface area contributed by atoms with Crippen molar-refractivity contribution in [3.05, 3.63) is 35.9 Å². The van der Waals surface area contributed by atoms with E-state index in [0.717, 1.165) is 19.6 Å². The average molecular weight is 265 g/mol. The molecule has 1 unspecified atom stereocenters. The van der Waals surface area contributed by atoms with Crippen LogP contribution in [0.15, 0.2) is 30.3 Å². The lowest BCUT2D eigenvalue weighted by Gasteiger charge is -2.28. The van der Waals surface area contributed by atoms with Crippen LogP contribution in [-0.2, 0) is 9.47 Å². The third-order valence-electron chi connectivity index (χ3n) is 3.35. The van der Waals surface area contributed by atoms with Gasteiger partial charge in [-0.25, -0.2) is 0 Å². The fourth-order valence-electron chi connectivity index (χ4n) is 1.99. The Bertz CT molecular complexity index is 338. The molecule has 0 radical (unpaired) electrons. The van der Waals surface area contributed by atoms with Crippen LogP contribution in [0.1, 0.15) is 31.9 Å². The van der Waals surface area contributed by atoms with Gasteiger partial charge in [0.1, 0.15) is 0 Å². The van der Waals surface area contributed by atoms with Gasteiger partial charge in [-0.15, -0.1) is 0 Å². The van der Waals surface area contributed by atoms with E-state index in [-0.39, 0.29) is 11.5 Å². The van der Waals surface area contributed by atoms with Crippen LogP contribution in [-0.4, -0.2) is 34.0 Å². The van der Waals surface area contributed by atoms with Gasteiger partial charge in [-0.1, -0.05) is 44.2 Å². The monoisotopic (exact) mass is 265 g/mol. The van der Waals surface area contributed by atoms with E-state index in [2.05, 4.69) is 43.4 Å². The average Bonchev–Trinajstić information content (AvgIpc) is 2.42. The van der Waals surface area contributed by atoms with Crippen molar-refractivity contribution in [1.82, 2.24) is 5.32 Å². The maximum atomic E-state index is 5.32. The van der Waals surface area contributed by atoms with Crippen LogP contribution < -0.4 is 5.32 Å². The predicted molar refractivity (Wildman–Crippen MR) is 79.3 cm³/mol. The van der Waals surface area contributed by atoms with Crippen LogP contribution in [0, 0.1) is 5.41 Å². The molecule has 0 fully saturated rings.